The predicted octanol–water partition coefficient (Wildman–Crippen LogP) is 2.10. The summed E-state index contributed by atoms with van der Waals surface area (Å²) in [6.07, 6.45) is 7.02. The molecular weight excluding hydrogens is 270 g/mol. The van der Waals surface area contributed by atoms with E-state index in [1.165, 1.54) is 0 Å². The number of carboxylic acid groups (broad SMARTS) is 1. The standard InChI is InChI=1S/C16H25NO4/c1-15(5-2-3-6-15)14(20)17-12-4-7-21-16(10-12)8-11(9-16)13(18)19/h11-12H,2-10H2,1H3,(H,17,20)(H,18,19). The maximum Gasteiger partial charge on any atom is 0.306 e. The number of rotatable bonds is 3. The molecule has 1 heterocycles. The molecule has 0 bridgehead atoms. The first-order valence-electron chi connectivity index (χ1n) is 8.10. The van der Waals surface area contributed by atoms with E-state index in [1.807, 2.05) is 0 Å². The molecule has 1 aliphatic heterocycles. The normalized spacial score (nSPS) is 38.0. The van der Waals surface area contributed by atoms with Gasteiger partial charge in [0.25, 0.3) is 0 Å². The van der Waals surface area contributed by atoms with E-state index in [0.717, 1.165) is 38.5 Å². The van der Waals surface area contributed by atoms with Gasteiger partial charge in [-0.2, -0.15) is 0 Å². The van der Waals surface area contributed by atoms with Crippen LogP contribution in [-0.2, 0) is 14.3 Å². The zero-order valence-electron chi connectivity index (χ0n) is 12.7. The van der Waals surface area contributed by atoms with Crippen LogP contribution in [0.15, 0.2) is 0 Å². The van der Waals surface area contributed by atoms with Crippen LogP contribution in [0, 0.1) is 11.3 Å². The van der Waals surface area contributed by atoms with E-state index >= 15 is 0 Å². The van der Waals surface area contributed by atoms with Gasteiger partial charge in [0.05, 0.1) is 11.5 Å². The lowest BCUT2D eigenvalue weighted by Crippen LogP contribution is -2.57. The van der Waals surface area contributed by atoms with Gasteiger partial charge in [-0.25, -0.2) is 0 Å². The minimum Gasteiger partial charge on any atom is -0.481 e. The van der Waals surface area contributed by atoms with E-state index in [4.69, 9.17) is 9.84 Å². The fraction of sp³-hybridized carbons (Fsp3) is 0.875. The molecule has 0 aromatic carbocycles. The van der Waals surface area contributed by atoms with E-state index in [-0.39, 0.29) is 28.9 Å². The first-order chi connectivity index (χ1) is 9.92. The number of hydrogen-bond acceptors (Lipinski definition) is 3. The maximum atomic E-state index is 12.5. The van der Waals surface area contributed by atoms with Gasteiger partial charge in [-0.05, 0) is 38.5 Å². The zero-order chi connectivity index (χ0) is 15.1. The van der Waals surface area contributed by atoms with Gasteiger partial charge >= 0.3 is 5.97 Å². The average molecular weight is 295 g/mol. The number of nitrogens with one attached hydrogen (secondary N) is 1. The molecule has 5 nitrogen and oxygen atoms in total. The molecule has 1 unspecified atom stereocenters. The highest BCUT2D eigenvalue weighted by Crippen LogP contribution is 2.47. The molecule has 2 aliphatic carbocycles. The Hall–Kier alpha value is -1.10. The summed E-state index contributed by atoms with van der Waals surface area (Å²) in [6, 6.07) is 0.137. The summed E-state index contributed by atoms with van der Waals surface area (Å²) in [7, 11) is 0. The van der Waals surface area contributed by atoms with Crippen LogP contribution in [0.4, 0.5) is 0 Å². The smallest absolute Gasteiger partial charge is 0.306 e. The van der Waals surface area contributed by atoms with E-state index in [0.29, 0.717) is 19.4 Å². The van der Waals surface area contributed by atoms with Crippen molar-refractivity contribution >= 4 is 11.9 Å². The van der Waals surface area contributed by atoms with Gasteiger partial charge < -0.3 is 15.2 Å². The van der Waals surface area contributed by atoms with Gasteiger partial charge in [-0.3, -0.25) is 9.59 Å². The Bertz CT molecular complexity index is 436. The molecular formula is C16H25NO4. The molecule has 0 aromatic heterocycles. The topological polar surface area (TPSA) is 75.6 Å². The molecule has 118 valence electrons. The lowest BCUT2D eigenvalue weighted by molar-refractivity contribution is -0.182. The van der Waals surface area contributed by atoms with Crippen LogP contribution in [0.25, 0.3) is 0 Å². The Morgan fingerprint density at radius 1 is 1.19 bits per heavy atom. The van der Waals surface area contributed by atoms with E-state index in [9.17, 15) is 9.59 Å². The molecule has 3 aliphatic rings. The van der Waals surface area contributed by atoms with Crippen molar-refractivity contribution in [3.05, 3.63) is 0 Å². The van der Waals surface area contributed by atoms with E-state index in [1.54, 1.807) is 0 Å². The van der Waals surface area contributed by atoms with Gasteiger partial charge in [0.2, 0.25) is 5.91 Å². The molecule has 3 rings (SSSR count). The van der Waals surface area contributed by atoms with Gasteiger partial charge in [-0.15, -0.1) is 0 Å². The molecule has 1 spiro atoms. The van der Waals surface area contributed by atoms with Crippen LogP contribution < -0.4 is 5.32 Å². The van der Waals surface area contributed by atoms with Crippen molar-refractivity contribution in [3.8, 4) is 0 Å². The first-order valence-corrected chi connectivity index (χ1v) is 8.10. The van der Waals surface area contributed by atoms with Gasteiger partial charge in [0.15, 0.2) is 0 Å². The molecule has 1 amide bonds. The van der Waals surface area contributed by atoms with Crippen molar-refractivity contribution in [2.24, 2.45) is 11.3 Å². The van der Waals surface area contributed by atoms with Crippen LogP contribution >= 0.6 is 0 Å². The number of carbonyl (C=O) groups is 2. The number of carboxylic acids is 1. The fourth-order valence-corrected chi connectivity index (χ4v) is 4.19. The van der Waals surface area contributed by atoms with E-state index < -0.39 is 5.97 Å². The number of ether oxygens (including phenoxy) is 1. The highest BCUT2D eigenvalue weighted by molar-refractivity contribution is 5.82. The van der Waals surface area contributed by atoms with Crippen LogP contribution in [0.3, 0.4) is 0 Å². The van der Waals surface area contributed by atoms with E-state index in [2.05, 4.69) is 12.2 Å². The summed E-state index contributed by atoms with van der Waals surface area (Å²) in [6.45, 7) is 2.68. The highest BCUT2D eigenvalue weighted by Gasteiger charge is 2.51. The second-order valence-electron chi connectivity index (χ2n) is 7.41. The van der Waals surface area contributed by atoms with Crippen molar-refractivity contribution in [3.63, 3.8) is 0 Å². The fourth-order valence-electron chi connectivity index (χ4n) is 4.19. The number of hydrogen-bond donors (Lipinski definition) is 2. The van der Waals surface area contributed by atoms with Gasteiger partial charge in [-0.1, -0.05) is 19.8 Å². The molecule has 2 saturated carbocycles. The van der Waals surface area contributed by atoms with Crippen molar-refractivity contribution in [1.29, 1.82) is 0 Å². The molecule has 0 aromatic rings. The minimum atomic E-state index is -0.728. The summed E-state index contributed by atoms with van der Waals surface area (Å²) in [5.41, 5.74) is -0.496. The van der Waals surface area contributed by atoms with Crippen LogP contribution in [0.1, 0.15) is 58.3 Å². The average Bonchev–Trinajstić information content (AvgIpc) is 2.84. The lowest BCUT2D eigenvalue weighted by atomic mass is 9.66. The Balaban J connectivity index is 1.55. The molecule has 2 N–H and O–H groups in total. The summed E-state index contributed by atoms with van der Waals surface area (Å²) >= 11 is 0. The lowest BCUT2D eigenvalue weighted by Gasteiger charge is -2.50. The molecule has 1 atom stereocenters. The molecule has 5 heteroatoms. The van der Waals surface area contributed by atoms with Gasteiger partial charge in [0, 0.05) is 18.1 Å². The van der Waals surface area contributed by atoms with Crippen LogP contribution in [-0.4, -0.2) is 35.2 Å². The number of amides is 1. The van der Waals surface area contributed by atoms with Crippen LogP contribution in [0.5, 0.6) is 0 Å². The van der Waals surface area contributed by atoms with Crippen LogP contribution in [0.2, 0.25) is 0 Å². The number of aliphatic carboxylic acids is 1. The third-order valence-corrected chi connectivity index (χ3v) is 5.67. The Morgan fingerprint density at radius 2 is 1.86 bits per heavy atom. The number of carbonyl (C=O) groups excluding carboxylic acids is 1. The summed E-state index contributed by atoms with van der Waals surface area (Å²) in [4.78, 5) is 23.4. The third-order valence-electron chi connectivity index (χ3n) is 5.67. The quantitative estimate of drug-likeness (QED) is 0.836. The Kier molecular flexibility index (Phi) is 3.72. The Morgan fingerprint density at radius 3 is 2.48 bits per heavy atom. The minimum absolute atomic E-state index is 0.137. The maximum absolute atomic E-state index is 12.5. The second-order valence-corrected chi connectivity index (χ2v) is 7.41. The molecule has 0 radical (unpaired) electrons. The monoisotopic (exact) mass is 295 g/mol. The zero-order valence-corrected chi connectivity index (χ0v) is 12.7. The SMILES string of the molecule is CC1(C(=O)NC2CCOC3(C2)CC(C(=O)O)C3)CCCC1. The van der Waals surface area contributed by atoms with Crippen molar-refractivity contribution in [1.82, 2.24) is 5.32 Å². The summed E-state index contributed by atoms with van der Waals surface area (Å²) in [5, 5.41) is 12.2. The third kappa shape index (κ3) is 2.80. The molecule has 21 heavy (non-hydrogen) atoms. The predicted molar refractivity (Wildman–Crippen MR) is 76.8 cm³/mol. The van der Waals surface area contributed by atoms with Crippen molar-refractivity contribution < 1.29 is 19.4 Å². The second kappa shape index (κ2) is 5.27. The van der Waals surface area contributed by atoms with Crippen molar-refractivity contribution in [2.45, 2.75) is 69.9 Å². The molecule has 3 fully saturated rings. The van der Waals surface area contributed by atoms with Crippen molar-refractivity contribution in [2.75, 3.05) is 6.61 Å². The summed E-state index contributed by atoms with van der Waals surface area (Å²) in [5.74, 6) is -0.822. The largest absolute Gasteiger partial charge is 0.481 e. The highest BCUT2D eigenvalue weighted by atomic mass is 16.5. The summed E-state index contributed by atoms with van der Waals surface area (Å²) < 4.78 is 5.83. The Labute approximate surface area is 125 Å². The van der Waals surface area contributed by atoms with Gasteiger partial charge in [0.1, 0.15) is 0 Å². The molecule has 1 saturated heterocycles. The first kappa shape index (κ1) is 14.8.